The van der Waals surface area contributed by atoms with Crippen LogP contribution in [-0.4, -0.2) is 26.2 Å². The van der Waals surface area contributed by atoms with E-state index in [4.69, 9.17) is 0 Å². The fraction of sp³-hybridized carbons (Fsp3) is 0.211. The van der Waals surface area contributed by atoms with Crippen LogP contribution in [0.1, 0.15) is 24.2 Å². The highest BCUT2D eigenvalue weighted by molar-refractivity contribution is 7.99. The van der Waals surface area contributed by atoms with Gasteiger partial charge in [0.2, 0.25) is 5.91 Å². The monoisotopic (exact) mass is 352 g/mol. The predicted molar refractivity (Wildman–Crippen MR) is 99.8 cm³/mol. The number of nitrogens with zero attached hydrogens (tertiary/aromatic N) is 3. The van der Waals surface area contributed by atoms with E-state index in [0.29, 0.717) is 5.75 Å². The third-order valence-electron chi connectivity index (χ3n) is 3.82. The number of pyridine rings is 1. The maximum Gasteiger partial charge on any atom is 0.231 e. The number of nitrogens with one attached hydrogen (secondary N) is 1. The number of hydrogen-bond acceptors (Lipinski definition) is 4. The molecule has 0 bridgehead atoms. The van der Waals surface area contributed by atoms with Crippen LogP contribution in [0.2, 0.25) is 0 Å². The first-order valence-corrected chi connectivity index (χ1v) is 9.06. The lowest BCUT2D eigenvalue weighted by Gasteiger charge is -2.13. The van der Waals surface area contributed by atoms with Gasteiger partial charge in [-0.3, -0.25) is 14.3 Å². The van der Waals surface area contributed by atoms with Crippen molar-refractivity contribution in [1.82, 2.24) is 19.9 Å². The van der Waals surface area contributed by atoms with E-state index in [9.17, 15) is 4.79 Å². The maximum atomic E-state index is 12.2. The quantitative estimate of drug-likeness (QED) is 0.689. The second-order valence-electron chi connectivity index (χ2n) is 5.70. The minimum Gasteiger partial charge on any atom is -0.347 e. The Morgan fingerprint density at radius 2 is 1.96 bits per heavy atom. The van der Waals surface area contributed by atoms with Crippen LogP contribution in [-0.2, 0) is 4.79 Å². The summed E-state index contributed by atoms with van der Waals surface area (Å²) in [5.41, 5.74) is 3.09. The van der Waals surface area contributed by atoms with Crippen LogP contribution in [0.3, 0.4) is 0 Å². The Morgan fingerprint density at radius 3 is 2.72 bits per heavy atom. The SMILES string of the molecule is Cc1ccccc1-n1ccnc1SCC(=O)N[C@H](C)c1ccccn1. The molecule has 0 aliphatic heterocycles. The summed E-state index contributed by atoms with van der Waals surface area (Å²) < 4.78 is 2.01. The Morgan fingerprint density at radius 1 is 1.16 bits per heavy atom. The number of imidazole rings is 1. The van der Waals surface area contributed by atoms with Crippen LogP contribution in [0.5, 0.6) is 0 Å². The Balaban J connectivity index is 1.62. The van der Waals surface area contributed by atoms with Gasteiger partial charge in [-0.25, -0.2) is 4.98 Å². The number of aromatic nitrogens is 3. The molecule has 3 rings (SSSR count). The van der Waals surface area contributed by atoms with E-state index in [1.807, 2.05) is 54.1 Å². The number of aryl methyl sites for hydroxylation is 1. The summed E-state index contributed by atoms with van der Waals surface area (Å²) in [7, 11) is 0. The van der Waals surface area contributed by atoms with E-state index in [1.165, 1.54) is 11.8 Å². The van der Waals surface area contributed by atoms with Gasteiger partial charge in [0.25, 0.3) is 0 Å². The van der Waals surface area contributed by atoms with Crippen LogP contribution in [0.4, 0.5) is 0 Å². The van der Waals surface area contributed by atoms with Crippen molar-refractivity contribution >= 4 is 17.7 Å². The number of rotatable bonds is 6. The lowest BCUT2D eigenvalue weighted by Crippen LogP contribution is -2.28. The van der Waals surface area contributed by atoms with Gasteiger partial charge in [-0.2, -0.15) is 0 Å². The van der Waals surface area contributed by atoms with E-state index < -0.39 is 0 Å². The van der Waals surface area contributed by atoms with Gasteiger partial charge in [-0.05, 0) is 37.6 Å². The van der Waals surface area contributed by atoms with E-state index in [0.717, 1.165) is 22.1 Å². The second kappa shape index (κ2) is 7.98. The molecule has 25 heavy (non-hydrogen) atoms. The molecule has 0 saturated heterocycles. The molecule has 6 heteroatoms. The smallest absolute Gasteiger partial charge is 0.231 e. The molecule has 2 heterocycles. The average Bonchev–Trinajstić information content (AvgIpc) is 3.09. The summed E-state index contributed by atoms with van der Waals surface area (Å²) in [6.45, 7) is 3.99. The van der Waals surface area contributed by atoms with E-state index in [1.54, 1.807) is 12.4 Å². The summed E-state index contributed by atoms with van der Waals surface area (Å²) >= 11 is 1.42. The predicted octanol–water partition coefficient (Wildman–Crippen LogP) is 3.55. The topological polar surface area (TPSA) is 59.8 Å². The molecular formula is C19H20N4OS. The fourth-order valence-corrected chi connectivity index (χ4v) is 3.31. The van der Waals surface area contributed by atoms with Crippen molar-refractivity contribution in [3.05, 3.63) is 72.3 Å². The summed E-state index contributed by atoms with van der Waals surface area (Å²) in [6, 6.07) is 13.7. The third kappa shape index (κ3) is 4.28. The molecule has 2 aromatic heterocycles. The van der Waals surface area contributed by atoms with Crippen molar-refractivity contribution in [3.63, 3.8) is 0 Å². The van der Waals surface area contributed by atoms with Crippen LogP contribution < -0.4 is 5.32 Å². The number of carbonyl (C=O) groups excluding carboxylic acids is 1. The molecule has 1 N–H and O–H groups in total. The summed E-state index contributed by atoms with van der Waals surface area (Å²) in [5.74, 6) is 0.266. The number of amides is 1. The summed E-state index contributed by atoms with van der Waals surface area (Å²) in [4.78, 5) is 20.9. The zero-order valence-electron chi connectivity index (χ0n) is 14.2. The van der Waals surface area contributed by atoms with Gasteiger partial charge in [-0.15, -0.1) is 0 Å². The second-order valence-corrected chi connectivity index (χ2v) is 6.64. The third-order valence-corrected chi connectivity index (χ3v) is 4.79. The minimum absolute atomic E-state index is 0.0394. The van der Waals surface area contributed by atoms with Crippen LogP contribution in [0.25, 0.3) is 5.69 Å². The first-order chi connectivity index (χ1) is 12.1. The van der Waals surface area contributed by atoms with Crippen molar-refractivity contribution in [1.29, 1.82) is 0 Å². The zero-order chi connectivity index (χ0) is 17.6. The fourth-order valence-electron chi connectivity index (χ4n) is 2.53. The molecule has 0 unspecified atom stereocenters. The van der Waals surface area contributed by atoms with Crippen LogP contribution in [0.15, 0.2) is 66.2 Å². The molecule has 3 aromatic rings. The highest BCUT2D eigenvalue weighted by Gasteiger charge is 2.13. The molecule has 0 saturated carbocycles. The summed E-state index contributed by atoms with van der Waals surface area (Å²) in [6.07, 6.45) is 5.40. The van der Waals surface area contributed by atoms with E-state index in [2.05, 4.69) is 28.3 Å². The Labute approximate surface area is 151 Å². The van der Waals surface area contributed by atoms with Gasteiger partial charge in [0.05, 0.1) is 23.2 Å². The number of carbonyl (C=O) groups is 1. The van der Waals surface area contributed by atoms with Gasteiger partial charge in [0.1, 0.15) is 0 Å². The largest absolute Gasteiger partial charge is 0.347 e. The number of benzene rings is 1. The summed E-state index contributed by atoms with van der Waals surface area (Å²) in [5, 5.41) is 3.77. The van der Waals surface area contributed by atoms with Gasteiger partial charge < -0.3 is 5.32 Å². The zero-order valence-corrected chi connectivity index (χ0v) is 15.0. The van der Waals surface area contributed by atoms with Crippen molar-refractivity contribution in [2.75, 3.05) is 5.75 Å². The minimum atomic E-state index is -0.120. The lowest BCUT2D eigenvalue weighted by molar-refractivity contribution is -0.119. The molecule has 0 fully saturated rings. The van der Waals surface area contributed by atoms with Gasteiger partial charge in [0, 0.05) is 18.6 Å². The molecule has 0 radical (unpaired) electrons. The van der Waals surface area contributed by atoms with Crippen LogP contribution in [0, 0.1) is 6.92 Å². The normalized spacial score (nSPS) is 11.9. The first kappa shape index (κ1) is 17.2. The standard InChI is InChI=1S/C19H20N4OS/c1-14-7-3-4-9-17(14)23-12-11-21-19(23)25-13-18(24)22-15(2)16-8-5-6-10-20-16/h3-12,15H,13H2,1-2H3,(H,22,24)/t15-/m1/s1. The molecule has 5 nitrogen and oxygen atoms in total. The van der Waals surface area contributed by atoms with E-state index >= 15 is 0 Å². The van der Waals surface area contributed by atoms with Crippen molar-refractivity contribution < 1.29 is 4.79 Å². The molecular weight excluding hydrogens is 332 g/mol. The molecule has 1 atom stereocenters. The molecule has 0 spiro atoms. The van der Waals surface area contributed by atoms with Gasteiger partial charge in [0.15, 0.2) is 5.16 Å². The Hall–Kier alpha value is -2.60. The Kier molecular flexibility index (Phi) is 5.50. The van der Waals surface area contributed by atoms with Gasteiger partial charge in [-0.1, -0.05) is 36.0 Å². The van der Waals surface area contributed by atoms with Crippen molar-refractivity contribution in [3.8, 4) is 5.69 Å². The molecule has 1 amide bonds. The molecule has 128 valence electrons. The van der Waals surface area contributed by atoms with Crippen LogP contribution >= 0.6 is 11.8 Å². The highest BCUT2D eigenvalue weighted by atomic mass is 32.2. The number of thioether (sulfide) groups is 1. The molecule has 1 aromatic carbocycles. The average molecular weight is 352 g/mol. The molecule has 0 aliphatic carbocycles. The lowest BCUT2D eigenvalue weighted by atomic mass is 10.2. The highest BCUT2D eigenvalue weighted by Crippen LogP contribution is 2.22. The Bertz CT molecular complexity index is 847. The maximum absolute atomic E-state index is 12.2. The van der Waals surface area contributed by atoms with Crippen molar-refractivity contribution in [2.24, 2.45) is 0 Å². The van der Waals surface area contributed by atoms with Crippen molar-refractivity contribution in [2.45, 2.75) is 25.0 Å². The number of para-hydroxylation sites is 1. The first-order valence-electron chi connectivity index (χ1n) is 8.07. The van der Waals surface area contributed by atoms with Gasteiger partial charge >= 0.3 is 0 Å². The molecule has 0 aliphatic rings. The number of hydrogen-bond donors (Lipinski definition) is 1. The van der Waals surface area contributed by atoms with E-state index in [-0.39, 0.29) is 11.9 Å².